The summed E-state index contributed by atoms with van der Waals surface area (Å²) in [6.45, 7) is 32.1. The fourth-order valence-corrected chi connectivity index (χ4v) is 4.93. The molecule has 0 rings (SSSR count). The highest BCUT2D eigenvalue weighted by Crippen LogP contribution is 2.16. The Morgan fingerprint density at radius 1 is 0.951 bits per heavy atom. The summed E-state index contributed by atoms with van der Waals surface area (Å²) < 4.78 is 0. The number of nitrogens with zero attached hydrogens (tertiary/aromatic N) is 1. The smallest absolute Gasteiger partial charge is 0.0963 e. The van der Waals surface area contributed by atoms with Crippen LogP contribution in [0.1, 0.15) is 86.5 Å². The van der Waals surface area contributed by atoms with Gasteiger partial charge >= 0.3 is 0 Å². The Labute approximate surface area is 258 Å². The van der Waals surface area contributed by atoms with Crippen molar-refractivity contribution >= 4 is 11.8 Å². The van der Waals surface area contributed by atoms with Crippen LogP contribution in [0.2, 0.25) is 0 Å². The molecule has 0 amide bonds. The van der Waals surface area contributed by atoms with Gasteiger partial charge in [-0.05, 0) is 72.1 Å². The summed E-state index contributed by atoms with van der Waals surface area (Å²) >= 11 is 1.81. The number of nitriles is 1. The SMILES string of the molecule is C=CC.C=CC(C)CC(=C)NC(CSC/C=C(\C)CC/C=C(\C)CC/C=C(\C)NC(CCC)C(=C)NC)C(=C)C#N. The molecule has 0 radical (unpaired) electrons. The number of nitrogens with one attached hydrogen (secondary N) is 3. The Bertz CT molecular complexity index is 932. The van der Waals surface area contributed by atoms with Crippen molar-refractivity contribution in [2.24, 2.45) is 5.92 Å². The van der Waals surface area contributed by atoms with Crippen LogP contribution in [0.4, 0.5) is 0 Å². The van der Waals surface area contributed by atoms with E-state index in [1.807, 2.05) is 31.8 Å². The number of rotatable bonds is 22. The second-order valence-electron chi connectivity index (χ2n) is 10.6. The summed E-state index contributed by atoms with van der Waals surface area (Å²) in [5, 5.41) is 19.5. The molecular weight excluding hydrogens is 520 g/mol. The predicted octanol–water partition coefficient (Wildman–Crippen LogP) is 9.52. The third kappa shape index (κ3) is 22.5. The molecule has 41 heavy (non-hydrogen) atoms. The minimum absolute atomic E-state index is 0.0821. The molecule has 0 bridgehead atoms. The van der Waals surface area contributed by atoms with Gasteiger partial charge in [0.25, 0.3) is 0 Å². The average Bonchev–Trinajstić information content (AvgIpc) is 2.93. The molecule has 0 aromatic rings. The quantitative estimate of drug-likeness (QED) is 0.0676. The van der Waals surface area contributed by atoms with Crippen molar-refractivity contribution < 1.29 is 0 Å². The Balaban J connectivity index is 0. The number of thioether (sulfide) groups is 1. The maximum Gasteiger partial charge on any atom is 0.0963 e. The Morgan fingerprint density at radius 3 is 2.07 bits per heavy atom. The van der Waals surface area contributed by atoms with Crippen molar-refractivity contribution in [3.63, 3.8) is 0 Å². The van der Waals surface area contributed by atoms with Gasteiger partial charge in [-0.3, -0.25) is 0 Å². The average molecular weight is 581 g/mol. The van der Waals surface area contributed by atoms with Crippen LogP contribution in [0.5, 0.6) is 0 Å². The highest BCUT2D eigenvalue weighted by molar-refractivity contribution is 7.99. The molecule has 0 aliphatic carbocycles. The summed E-state index contributed by atoms with van der Waals surface area (Å²) in [5.41, 5.74) is 6.58. The van der Waals surface area contributed by atoms with Crippen molar-refractivity contribution in [1.82, 2.24) is 16.0 Å². The number of hydrogen-bond donors (Lipinski definition) is 3. The van der Waals surface area contributed by atoms with Crippen molar-refractivity contribution in [2.75, 3.05) is 18.6 Å². The standard InChI is InChI=1S/C33H54N4S.C3H6/c1-11-15-32(31(9)35-10)36-29(7)19-14-18-26(4)16-13-17-27(5)20-21-38-24-33(28(6)23-34)37-30(8)22-25(3)12-2;1-3-2/h12,16,19-20,25,32-33,35-37H,2,6,8-9,11,13-15,17-18,21-22,24H2,1,3-5,7,10H3;3H,1H2,2H3/b26-16+,27-20+,29-19+;. The lowest BCUT2D eigenvalue weighted by Gasteiger charge is -2.22. The first-order chi connectivity index (χ1) is 19.5. The van der Waals surface area contributed by atoms with Gasteiger partial charge in [0.1, 0.15) is 0 Å². The molecular formula is C36H60N4S. The summed E-state index contributed by atoms with van der Waals surface area (Å²) in [7, 11) is 1.93. The molecule has 230 valence electrons. The van der Waals surface area contributed by atoms with E-state index in [-0.39, 0.29) is 12.1 Å². The fraction of sp³-hybridized carbons (Fsp3) is 0.528. The first kappa shape index (κ1) is 40.3. The van der Waals surface area contributed by atoms with Gasteiger partial charge in [-0.2, -0.15) is 17.0 Å². The Kier molecular flexibility index (Phi) is 25.6. The van der Waals surface area contributed by atoms with E-state index in [9.17, 15) is 5.26 Å². The first-order valence-corrected chi connectivity index (χ1v) is 16.1. The van der Waals surface area contributed by atoms with Gasteiger partial charge in [-0.1, -0.05) is 81.5 Å². The molecule has 3 N–H and O–H groups in total. The molecule has 0 saturated carbocycles. The summed E-state index contributed by atoms with van der Waals surface area (Å²) in [6, 6.07) is 2.40. The van der Waals surface area contributed by atoms with Crippen LogP contribution in [0.3, 0.4) is 0 Å². The number of likely N-dealkylation sites (N-methyl/N-ethyl adjacent to an activating group) is 1. The monoisotopic (exact) mass is 580 g/mol. The van der Waals surface area contributed by atoms with Crippen molar-refractivity contribution in [3.05, 3.63) is 97.1 Å². The van der Waals surface area contributed by atoms with Crippen LogP contribution in [0, 0.1) is 17.2 Å². The van der Waals surface area contributed by atoms with E-state index in [4.69, 9.17) is 0 Å². The van der Waals surface area contributed by atoms with Gasteiger partial charge in [0.15, 0.2) is 0 Å². The molecule has 4 nitrogen and oxygen atoms in total. The van der Waals surface area contributed by atoms with Crippen LogP contribution >= 0.6 is 11.8 Å². The maximum atomic E-state index is 9.32. The molecule has 3 atom stereocenters. The minimum atomic E-state index is -0.0821. The molecule has 0 fully saturated rings. The number of allylic oxidation sites excluding steroid dienone is 8. The Hall–Kier alpha value is -2.84. The lowest BCUT2D eigenvalue weighted by Crippen LogP contribution is -2.33. The van der Waals surface area contributed by atoms with E-state index in [0.717, 1.165) is 67.8 Å². The predicted molar refractivity (Wildman–Crippen MR) is 188 cm³/mol. The summed E-state index contributed by atoms with van der Waals surface area (Å²) in [6.07, 6.45) is 17.9. The van der Waals surface area contributed by atoms with Crippen LogP contribution in [-0.4, -0.2) is 30.6 Å². The second-order valence-corrected chi connectivity index (χ2v) is 11.7. The molecule has 0 heterocycles. The molecule has 3 unspecified atom stereocenters. The van der Waals surface area contributed by atoms with E-state index < -0.39 is 0 Å². The normalized spacial score (nSPS) is 13.9. The van der Waals surface area contributed by atoms with Crippen molar-refractivity contribution in [3.8, 4) is 6.07 Å². The van der Waals surface area contributed by atoms with E-state index >= 15 is 0 Å². The molecule has 0 aliphatic rings. The van der Waals surface area contributed by atoms with E-state index in [2.05, 4.69) is 108 Å². The maximum absolute atomic E-state index is 9.32. The molecule has 0 aromatic heterocycles. The minimum Gasteiger partial charge on any atom is -0.390 e. The summed E-state index contributed by atoms with van der Waals surface area (Å²) in [4.78, 5) is 0. The second kappa shape index (κ2) is 26.1. The van der Waals surface area contributed by atoms with Crippen LogP contribution in [-0.2, 0) is 0 Å². The fourth-order valence-electron chi connectivity index (χ4n) is 3.87. The van der Waals surface area contributed by atoms with Gasteiger partial charge in [-0.15, -0.1) is 13.2 Å². The summed E-state index contributed by atoms with van der Waals surface area (Å²) in [5.74, 6) is 2.07. The highest BCUT2D eigenvalue weighted by atomic mass is 32.2. The van der Waals surface area contributed by atoms with Crippen molar-refractivity contribution in [2.45, 2.75) is 98.6 Å². The Morgan fingerprint density at radius 2 is 1.54 bits per heavy atom. The van der Waals surface area contributed by atoms with Gasteiger partial charge in [0.2, 0.25) is 0 Å². The third-order valence-corrected chi connectivity index (χ3v) is 7.46. The first-order valence-electron chi connectivity index (χ1n) is 14.9. The zero-order chi connectivity index (χ0) is 31.6. The van der Waals surface area contributed by atoms with Crippen molar-refractivity contribution in [1.29, 1.82) is 5.26 Å². The molecule has 0 spiro atoms. The van der Waals surface area contributed by atoms with Crippen LogP contribution in [0.15, 0.2) is 97.1 Å². The van der Waals surface area contributed by atoms with Gasteiger partial charge in [0, 0.05) is 41.2 Å². The van der Waals surface area contributed by atoms with E-state index in [1.54, 1.807) is 6.08 Å². The zero-order valence-electron chi connectivity index (χ0n) is 27.4. The zero-order valence-corrected chi connectivity index (χ0v) is 28.2. The van der Waals surface area contributed by atoms with E-state index in [1.165, 1.54) is 16.8 Å². The molecule has 0 saturated heterocycles. The lowest BCUT2D eigenvalue weighted by molar-refractivity contribution is 0.556. The lowest BCUT2D eigenvalue weighted by atomic mass is 10.1. The number of hydrogen-bond acceptors (Lipinski definition) is 5. The molecule has 5 heteroatoms. The van der Waals surface area contributed by atoms with Gasteiger partial charge < -0.3 is 16.0 Å². The van der Waals surface area contributed by atoms with Crippen LogP contribution in [0.25, 0.3) is 0 Å². The van der Waals surface area contributed by atoms with E-state index in [0.29, 0.717) is 11.5 Å². The largest absolute Gasteiger partial charge is 0.390 e. The third-order valence-electron chi connectivity index (χ3n) is 6.49. The molecule has 0 aliphatic heterocycles. The van der Waals surface area contributed by atoms with Gasteiger partial charge in [0.05, 0.1) is 18.2 Å². The highest BCUT2D eigenvalue weighted by Gasteiger charge is 2.14. The molecule has 0 aromatic carbocycles. The van der Waals surface area contributed by atoms with Crippen LogP contribution < -0.4 is 16.0 Å². The van der Waals surface area contributed by atoms with Gasteiger partial charge in [-0.25, -0.2) is 0 Å². The topological polar surface area (TPSA) is 59.9 Å².